The van der Waals surface area contributed by atoms with Crippen LogP contribution in [0.5, 0.6) is 11.8 Å². The molecular formula is C21H16FN3O4S. The minimum absolute atomic E-state index is 0.0607. The maximum atomic E-state index is 13.1. The van der Waals surface area contributed by atoms with Gasteiger partial charge in [0, 0.05) is 5.69 Å². The fourth-order valence-corrected chi connectivity index (χ4v) is 4.01. The molecule has 0 aliphatic heterocycles. The van der Waals surface area contributed by atoms with Crippen LogP contribution in [-0.4, -0.2) is 28.2 Å². The van der Waals surface area contributed by atoms with E-state index in [-0.39, 0.29) is 10.7 Å². The third kappa shape index (κ3) is 3.83. The van der Waals surface area contributed by atoms with Gasteiger partial charge < -0.3 is 10.2 Å². The van der Waals surface area contributed by atoms with Crippen LogP contribution in [0.25, 0.3) is 16.8 Å². The van der Waals surface area contributed by atoms with Gasteiger partial charge in [-0.2, -0.15) is 4.98 Å². The maximum Gasteiger partial charge on any atom is 0.275 e. The molecule has 0 amide bonds. The molecule has 30 heavy (non-hydrogen) atoms. The van der Waals surface area contributed by atoms with E-state index in [9.17, 15) is 23.0 Å². The highest BCUT2D eigenvalue weighted by Crippen LogP contribution is 2.27. The van der Waals surface area contributed by atoms with Crippen molar-refractivity contribution < 1.29 is 23.0 Å². The van der Waals surface area contributed by atoms with Gasteiger partial charge in [0.15, 0.2) is 0 Å². The SMILES string of the molecule is O=S(=O)(Nc1ccc(-n2cnc(O)c2O)cc1)c1cccc(-c2ccc(F)cc2)c1. The van der Waals surface area contributed by atoms with E-state index in [0.717, 1.165) is 0 Å². The molecule has 4 aromatic rings. The maximum absolute atomic E-state index is 13.1. The molecule has 1 heterocycles. The lowest BCUT2D eigenvalue weighted by Gasteiger charge is -2.11. The molecule has 0 spiro atoms. The lowest BCUT2D eigenvalue weighted by Crippen LogP contribution is -2.13. The second-order valence-electron chi connectivity index (χ2n) is 6.45. The van der Waals surface area contributed by atoms with Gasteiger partial charge in [0.1, 0.15) is 12.1 Å². The average molecular weight is 425 g/mol. The number of benzene rings is 3. The number of rotatable bonds is 5. The lowest BCUT2D eigenvalue weighted by atomic mass is 10.1. The summed E-state index contributed by atoms with van der Waals surface area (Å²) in [5.74, 6) is -1.28. The number of anilines is 1. The number of aromatic hydroxyl groups is 2. The summed E-state index contributed by atoms with van der Waals surface area (Å²) < 4.78 is 42.5. The Morgan fingerprint density at radius 3 is 2.23 bits per heavy atom. The van der Waals surface area contributed by atoms with Gasteiger partial charge in [0.25, 0.3) is 21.8 Å². The fourth-order valence-electron chi connectivity index (χ4n) is 2.91. The zero-order chi connectivity index (χ0) is 21.3. The largest absolute Gasteiger partial charge is 0.490 e. The van der Waals surface area contributed by atoms with E-state index in [1.807, 2.05) is 0 Å². The van der Waals surface area contributed by atoms with Crippen molar-refractivity contribution in [2.24, 2.45) is 0 Å². The fraction of sp³-hybridized carbons (Fsp3) is 0. The highest BCUT2D eigenvalue weighted by molar-refractivity contribution is 7.92. The van der Waals surface area contributed by atoms with Gasteiger partial charge >= 0.3 is 0 Å². The van der Waals surface area contributed by atoms with Crippen LogP contribution in [0.4, 0.5) is 10.1 Å². The first-order valence-corrected chi connectivity index (χ1v) is 10.3. The first-order chi connectivity index (χ1) is 14.3. The Bertz CT molecular complexity index is 1300. The predicted molar refractivity (Wildman–Crippen MR) is 110 cm³/mol. The Hall–Kier alpha value is -3.85. The molecule has 3 N–H and O–H groups in total. The van der Waals surface area contributed by atoms with Crippen molar-refractivity contribution in [3.63, 3.8) is 0 Å². The Balaban J connectivity index is 1.58. The van der Waals surface area contributed by atoms with Crippen molar-refractivity contribution >= 4 is 15.7 Å². The van der Waals surface area contributed by atoms with Gasteiger partial charge in [0.2, 0.25) is 0 Å². The molecule has 0 radical (unpaired) electrons. The summed E-state index contributed by atoms with van der Waals surface area (Å²) >= 11 is 0. The van der Waals surface area contributed by atoms with Gasteiger partial charge in [-0.1, -0.05) is 24.3 Å². The first-order valence-electron chi connectivity index (χ1n) is 8.78. The van der Waals surface area contributed by atoms with Crippen LogP contribution in [0.15, 0.2) is 84.0 Å². The number of hydrogen-bond acceptors (Lipinski definition) is 5. The molecule has 0 aliphatic rings. The molecular weight excluding hydrogens is 409 g/mol. The van der Waals surface area contributed by atoms with Crippen LogP contribution < -0.4 is 4.72 Å². The summed E-state index contributed by atoms with van der Waals surface area (Å²) in [4.78, 5) is 3.65. The summed E-state index contributed by atoms with van der Waals surface area (Å²) in [5, 5.41) is 19.1. The van der Waals surface area contributed by atoms with Crippen LogP contribution in [0.1, 0.15) is 0 Å². The van der Waals surface area contributed by atoms with Gasteiger partial charge in [-0.3, -0.25) is 9.29 Å². The normalized spacial score (nSPS) is 11.4. The van der Waals surface area contributed by atoms with Gasteiger partial charge in [-0.05, 0) is 59.7 Å². The number of aromatic nitrogens is 2. The number of nitrogens with one attached hydrogen (secondary N) is 1. The summed E-state index contributed by atoms with van der Waals surface area (Å²) in [5.41, 5.74) is 2.14. The van der Waals surface area contributed by atoms with Gasteiger partial charge in [-0.25, -0.2) is 12.8 Å². The van der Waals surface area contributed by atoms with Crippen molar-refractivity contribution in [2.75, 3.05) is 4.72 Å². The van der Waals surface area contributed by atoms with Crippen LogP contribution >= 0.6 is 0 Å². The van der Waals surface area contributed by atoms with E-state index in [1.165, 1.54) is 47.3 Å². The zero-order valence-electron chi connectivity index (χ0n) is 15.4. The molecule has 0 fully saturated rings. The molecule has 9 heteroatoms. The van der Waals surface area contributed by atoms with E-state index >= 15 is 0 Å². The number of nitrogens with zero attached hydrogens (tertiary/aromatic N) is 2. The molecule has 4 rings (SSSR count). The van der Waals surface area contributed by atoms with Crippen molar-refractivity contribution in [1.82, 2.24) is 9.55 Å². The quantitative estimate of drug-likeness (QED) is 0.450. The molecule has 0 saturated heterocycles. The van der Waals surface area contributed by atoms with Crippen LogP contribution in [0, 0.1) is 5.82 Å². The van der Waals surface area contributed by atoms with E-state index in [2.05, 4.69) is 9.71 Å². The third-order valence-corrected chi connectivity index (χ3v) is 5.82. The van der Waals surface area contributed by atoms with Crippen LogP contribution in [0.2, 0.25) is 0 Å². The minimum atomic E-state index is -3.87. The highest BCUT2D eigenvalue weighted by atomic mass is 32.2. The summed E-state index contributed by atoms with van der Waals surface area (Å²) in [6, 6.07) is 18.3. The van der Waals surface area contributed by atoms with Crippen molar-refractivity contribution in [1.29, 1.82) is 0 Å². The Labute approximate surface area is 171 Å². The lowest BCUT2D eigenvalue weighted by molar-refractivity contribution is 0.379. The number of halogens is 1. The predicted octanol–water partition coefficient (Wildman–Crippen LogP) is 3.89. The van der Waals surface area contributed by atoms with E-state index in [0.29, 0.717) is 22.5 Å². The monoisotopic (exact) mass is 425 g/mol. The van der Waals surface area contributed by atoms with E-state index < -0.39 is 21.8 Å². The Morgan fingerprint density at radius 2 is 1.60 bits per heavy atom. The number of hydrogen-bond donors (Lipinski definition) is 3. The Morgan fingerprint density at radius 1 is 0.900 bits per heavy atom. The smallest absolute Gasteiger partial charge is 0.275 e. The molecule has 0 aliphatic carbocycles. The second-order valence-corrected chi connectivity index (χ2v) is 8.13. The van der Waals surface area contributed by atoms with Gasteiger partial charge in [-0.15, -0.1) is 0 Å². The molecule has 1 aromatic heterocycles. The standard InChI is InChI=1S/C21H16FN3O4S/c22-16-6-4-14(5-7-16)15-2-1-3-19(12-15)30(28,29)24-17-8-10-18(11-9-17)25-13-23-20(26)21(25)27/h1-13,24,26-27H. The van der Waals surface area contributed by atoms with Crippen LogP contribution in [0.3, 0.4) is 0 Å². The molecule has 152 valence electrons. The van der Waals surface area contributed by atoms with Crippen molar-refractivity contribution in [2.45, 2.75) is 4.90 Å². The third-order valence-electron chi connectivity index (χ3n) is 4.44. The van der Waals surface area contributed by atoms with Crippen molar-refractivity contribution in [3.8, 4) is 28.6 Å². The van der Waals surface area contributed by atoms with Crippen LogP contribution in [-0.2, 0) is 10.0 Å². The molecule has 0 atom stereocenters. The number of sulfonamides is 1. The van der Waals surface area contributed by atoms with Crippen molar-refractivity contribution in [3.05, 3.63) is 84.9 Å². The molecule has 0 unspecified atom stereocenters. The second kappa shape index (κ2) is 7.53. The molecule has 7 nitrogen and oxygen atoms in total. The van der Waals surface area contributed by atoms with Gasteiger partial charge in [0.05, 0.1) is 10.6 Å². The zero-order valence-corrected chi connectivity index (χ0v) is 16.2. The Kier molecular flexibility index (Phi) is 4.88. The topological polar surface area (TPSA) is 104 Å². The molecule has 3 aromatic carbocycles. The molecule has 0 saturated carbocycles. The van der Waals surface area contributed by atoms with E-state index in [4.69, 9.17) is 0 Å². The molecule has 0 bridgehead atoms. The van der Waals surface area contributed by atoms with E-state index in [1.54, 1.807) is 36.4 Å². The highest BCUT2D eigenvalue weighted by Gasteiger charge is 2.16. The minimum Gasteiger partial charge on any atom is -0.490 e. The average Bonchev–Trinajstić information content (AvgIpc) is 3.07. The first kappa shape index (κ1) is 19.5. The summed E-state index contributed by atoms with van der Waals surface area (Å²) in [6.45, 7) is 0. The summed E-state index contributed by atoms with van der Waals surface area (Å²) in [6.07, 6.45) is 1.24. The summed E-state index contributed by atoms with van der Waals surface area (Å²) in [7, 11) is -3.87. The number of imidazole rings is 1.